The number of aromatic nitrogens is 1. The summed E-state index contributed by atoms with van der Waals surface area (Å²) in [7, 11) is 0. The maximum atomic E-state index is 11.4. The Hall–Kier alpha value is -2.20. The van der Waals surface area contributed by atoms with Crippen LogP contribution in [0.25, 0.3) is 0 Å². The summed E-state index contributed by atoms with van der Waals surface area (Å²) in [6, 6.07) is 10.5. The summed E-state index contributed by atoms with van der Waals surface area (Å²) in [5, 5.41) is 6.44. The fourth-order valence-corrected chi connectivity index (χ4v) is 2.77. The summed E-state index contributed by atoms with van der Waals surface area (Å²) in [6.45, 7) is 2.99. The highest BCUT2D eigenvalue weighted by Crippen LogP contribution is 2.28. The van der Waals surface area contributed by atoms with Crippen molar-refractivity contribution in [3.05, 3.63) is 59.4 Å². The van der Waals surface area contributed by atoms with Crippen LogP contribution in [0.4, 0.5) is 5.69 Å². The number of carbonyl (C=O) groups is 1. The molecular weight excluding hydrogens is 262 g/mol. The molecule has 21 heavy (non-hydrogen) atoms. The van der Waals surface area contributed by atoms with Crippen LogP contribution in [0, 0.1) is 0 Å². The topological polar surface area (TPSA) is 54.0 Å². The van der Waals surface area contributed by atoms with Crippen LogP contribution in [0.15, 0.2) is 42.7 Å². The SMILES string of the molecule is CCNC(c1ccncc1)c1ccc2c(c1)CCC(=O)N2. The highest BCUT2D eigenvalue weighted by atomic mass is 16.1. The van der Waals surface area contributed by atoms with E-state index in [9.17, 15) is 4.79 Å². The molecule has 2 heterocycles. The van der Waals surface area contributed by atoms with Crippen LogP contribution in [0.1, 0.15) is 36.1 Å². The Morgan fingerprint density at radius 2 is 2.00 bits per heavy atom. The van der Waals surface area contributed by atoms with Crippen LogP contribution in [0.3, 0.4) is 0 Å². The van der Waals surface area contributed by atoms with Crippen molar-refractivity contribution >= 4 is 11.6 Å². The molecule has 0 bridgehead atoms. The first-order chi connectivity index (χ1) is 10.3. The van der Waals surface area contributed by atoms with Crippen LogP contribution < -0.4 is 10.6 Å². The van der Waals surface area contributed by atoms with Gasteiger partial charge in [0.1, 0.15) is 0 Å². The fraction of sp³-hybridized carbons (Fsp3) is 0.294. The van der Waals surface area contributed by atoms with Crippen LogP contribution in [-0.2, 0) is 11.2 Å². The second-order valence-corrected chi connectivity index (χ2v) is 5.24. The van der Waals surface area contributed by atoms with E-state index >= 15 is 0 Å². The second kappa shape index (κ2) is 6.06. The maximum Gasteiger partial charge on any atom is 0.224 e. The summed E-state index contributed by atoms with van der Waals surface area (Å²) in [5.41, 5.74) is 4.58. The molecule has 0 fully saturated rings. The smallest absolute Gasteiger partial charge is 0.224 e. The van der Waals surface area contributed by atoms with Crippen molar-refractivity contribution in [1.29, 1.82) is 0 Å². The molecule has 0 radical (unpaired) electrons. The number of nitrogens with one attached hydrogen (secondary N) is 2. The Morgan fingerprint density at radius 1 is 1.19 bits per heavy atom. The van der Waals surface area contributed by atoms with Crippen LogP contribution in [0.5, 0.6) is 0 Å². The van der Waals surface area contributed by atoms with E-state index in [2.05, 4.69) is 34.7 Å². The highest BCUT2D eigenvalue weighted by Gasteiger charge is 2.18. The molecule has 1 atom stereocenters. The van der Waals surface area contributed by atoms with Gasteiger partial charge < -0.3 is 10.6 Å². The molecular formula is C17H19N3O. The summed E-state index contributed by atoms with van der Waals surface area (Å²) in [4.78, 5) is 15.5. The Labute approximate surface area is 124 Å². The molecule has 1 aromatic carbocycles. The lowest BCUT2D eigenvalue weighted by Crippen LogP contribution is -2.23. The number of fused-ring (bicyclic) bond motifs is 1. The van der Waals surface area contributed by atoms with Gasteiger partial charge in [-0.1, -0.05) is 19.1 Å². The Kier molecular flexibility index (Phi) is 3.97. The molecule has 4 heteroatoms. The number of hydrogen-bond donors (Lipinski definition) is 2. The fourth-order valence-electron chi connectivity index (χ4n) is 2.77. The Balaban J connectivity index is 1.95. The Morgan fingerprint density at radius 3 is 2.76 bits per heavy atom. The zero-order valence-corrected chi connectivity index (χ0v) is 12.1. The standard InChI is InChI=1S/C17H19N3O/c1-2-19-17(12-7-9-18-10-8-12)14-3-5-15-13(11-14)4-6-16(21)20-15/h3,5,7-11,17,19H,2,4,6H2,1H3,(H,20,21). The van der Waals surface area contributed by atoms with Gasteiger partial charge in [0.2, 0.25) is 5.91 Å². The molecule has 4 nitrogen and oxygen atoms in total. The average Bonchev–Trinajstić information content (AvgIpc) is 2.53. The van der Waals surface area contributed by atoms with Gasteiger partial charge in [-0.3, -0.25) is 9.78 Å². The normalized spacial score (nSPS) is 15.2. The maximum absolute atomic E-state index is 11.4. The van der Waals surface area contributed by atoms with E-state index in [0.717, 1.165) is 18.7 Å². The highest BCUT2D eigenvalue weighted by molar-refractivity contribution is 5.93. The minimum absolute atomic E-state index is 0.104. The molecule has 1 aromatic heterocycles. The van der Waals surface area contributed by atoms with Crippen molar-refractivity contribution in [2.45, 2.75) is 25.8 Å². The molecule has 0 spiro atoms. The van der Waals surface area contributed by atoms with E-state index in [-0.39, 0.29) is 11.9 Å². The molecule has 3 rings (SSSR count). The number of rotatable bonds is 4. The first kappa shape index (κ1) is 13.8. The van der Waals surface area contributed by atoms with Crippen LogP contribution >= 0.6 is 0 Å². The molecule has 0 aliphatic carbocycles. The predicted octanol–water partition coefficient (Wildman–Crippen LogP) is 2.67. The van der Waals surface area contributed by atoms with Crippen molar-refractivity contribution in [2.75, 3.05) is 11.9 Å². The molecule has 2 aromatic rings. The minimum atomic E-state index is 0.104. The van der Waals surface area contributed by atoms with Crippen molar-refractivity contribution < 1.29 is 4.79 Å². The summed E-state index contributed by atoms with van der Waals surface area (Å²) in [6.07, 6.45) is 5.01. The van der Waals surface area contributed by atoms with Gasteiger partial charge in [-0.25, -0.2) is 0 Å². The third-order valence-corrected chi connectivity index (χ3v) is 3.81. The van der Waals surface area contributed by atoms with Gasteiger partial charge in [0.15, 0.2) is 0 Å². The Bertz CT molecular complexity index is 640. The third-order valence-electron chi connectivity index (χ3n) is 3.81. The number of aryl methyl sites for hydroxylation is 1. The van der Waals surface area contributed by atoms with E-state index in [1.165, 1.54) is 16.7 Å². The minimum Gasteiger partial charge on any atom is -0.326 e. The van der Waals surface area contributed by atoms with E-state index in [4.69, 9.17) is 0 Å². The third kappa shape index (κ3) is 2.95. The van der Waals surface area contributed by atoms with Gasteiger partial charge in [0.05, 0.1) is 6.04 Å². The number of pyridine rings is 1. The number of hydrogen-bond acceptors (Lipinski definition) is 3. The van der Waals surface area contributed by atoms with Gasteiger partial charge in [-0.05, 0) is 47.9 Å². The van der Waals surface area contributed by atoms with Crippen molar-refractivity contribution in [3.8, 4) is 0 Å². The molecule has 1 unspecified atom stereocenters. The molecule has 2 N–H and O–H groups in total. The largest absolute Gasteiger partial charge is 0.326 e. The van der Waals surface area contributed by atoms with E-state index < -0.39 is 0 Å². The number of nitrogens with zero attached hydrogens (tertiary/aromatic N) is 1. The summed E-state index contributed by atoms with van der Waals surface area (Å²) in [5.74, 6) is 0.104. The van der Waals surface area contributed by atoms with Crippen molar-refractivity contribution in [2.24, 2.45) is 0 Å². The molecule has 108 valence electrons. The average molecular weight is 281 g/mol. The van der Waals surface area contributed by atoms with E-state index in [1.54, 1.807) is 0 Å². The van der Waals surface area contributed by atoms with Crippen LogP contribution in [0.2, 0.25) is 0 Å². The van der Waals surface area contributed by atoms with Gasteiger partial charge in [0, 0.05) is 24.5 Å². The lowest BCUT2D eigenvalue weighted by Gasteiger charge is -2.22. The second-order valence-electron chi connectivity index (χ2n) is 5.24. The monoisotopic (exact) mass is 281 g/mol. The van der Waals surface area contributed by atoms with Gasteiger partial charge in [-0.2, -0.15) is 0 Å². The molecule has 0 saturated carbocycles. The zero-order chi connectivity index (χ0) is 14.7. The predicted molar refractivity (Wildman–Crippen MR) is 83.1 cm³/mol. The summed E-state index contributed by atoms with van der Waals surface area (Å²) < 4.78 is 0. The first-order valence-electron chi connectivity index (χ1n) is 7.34. The molecule has 1 aliphatic rings. The number of carbonyl (C=O) groups excluding carboxylic acids is 1. The van der Waals surface area contributed by atoms with E-state index in [1.807, 2.05) is 30.6 Å². The molecule has 1 amide bonds. The zero-order valence-electron chi connectivity index (χ0n) is 12.1. The van der Waals surface area contributed by atoms with Gasteiger partial charge in [0.25, 0.3) is 0 Å². The van der Waals surface area contributed by atoms with Crippen LogP contribution in [-0.4, -0.2) is 17.4 Å². The quantitative estimate of drug-likeness (QED) is 0.906. The molecule has 0 saturated heterocycles. The lowest BCUT2D eigenvalue weighted by atomic mass is 9.94. The first-order valence-corrected chi connectivity index (χ1v) is 7.34. The van der Waals surface area contributed by atoms with Crippen molar-refractivity contribution in [1.82, 2.24) is 10.3 Å². The summed E-state index contributed by atoms with van der Waals surface area (Å²) >= 11 is 0. The van der Waals surface area contributed by atoms with Gasteiger partial charge in [-0.15, -0.1) is 0 Å². The lowest BCUT2D eigenvalue weighted by molar-refractivity contribution is -0.116. The number of benzene rings is 1. The molecule has 1 aliphatic heterocycles. The van der Waals surface area contributed by atoms with Gasteiger partial charge >= 0.3 is 0 Å². The number of amides is 1. The number of anilines is 1. The van der Waals surface area contributed by atoms with Crippen molar-refractivity contribution in [3.63, 3.8) is 0 Å². The van der Waals surface area contributed by atoms with E-state index in [0.29, 0.717) is 6.42 Å².